The number of hydrogen-bond donors (Lipinski definition) is 4. The predicted octanol–water partition coefficient (Wildman–Crippen LogP) is 2.54. The van der Waals surface area contributed by atoms with E-state index in [1.807, 2.05) is 12.1 Å². The van der Waals surface area contributed by atoms with E-state index in [-0.39, 0.29) is 30.9 Å². The van der Waals surface area contributed by atoms with Crippen molar-refractivity contribution >= 4 is 5.97 Å². The van der Waals surface area contributed by atoms with E-state index in [9.17, 15) is 20.1 Å². The Morgan fingerprint density at radius 2 is 1.82 bits per heavy atom. The number of allylic oxidation sites excluding steroid dienone is 1. The van der Waals surface area contributed by atoms with Crippen molar-refractivity contribution in [2.75, 3.05) is 14.2 Å². The molecule has 0 spiro atoms. The molecule has 0 heterocycles. The van der Waals surface area contributed by atoms with Crippen LogP contribution in [0.15, 0.2) is 23.5 Å². The van der Waals surface area contributed by atoms with Gasteiger partial charge in [0.15, 0.2) is 11.5 Å². The van der Waals surface area contributed by atoms with Crippen LogP contribution in [0.5, 0.6) is 11.5 Å². The van der Waals surface area contributed by atoms with Crippen LogP contribution in [-0.4, -0.2) is 52.3 Å². The molecule has 1 aromatic rings. The highest BCUT2D eigenvalue weighted by Crippen LogP contribution is 2.47. The van der Waals surface area contributed by atoms with Gasteiger partial charge in [-0.1, -0.05) is 0 Å². The fraction of sp³-hybridized carbons (Fsp3) is 0.571. The minimum absolute atomic E-state index is 0.0230. The standard InChI is InChI=1S/C21H28O7/c1-11(20(25)21(26)9-13(7-19(23)24)16(22)10-21)14-5-4-12-6-17(27-2)18(28-3)8-15(12)14/h6,8,13-14,16,22,25-26H,4-5,7,9-10H2,1-3H3,(H,23,24)/t13-,14?,16+,21-/m0/s1. The number of aliphatic carboxylic acids is 1. The number of ether oxygens (including phenoxy) is 2. The van der Waals surface area contributed by atoms with E-state index in [4.69, 9.17) is 14.6 Å². The maximum absolute atomic E-state index is 11.0. The summed E-state index contributed by atoms with van der Waals surface area (Å²) in [5.74, 6) is -0.600. The number of rotatable bonds is 6. The van der Waals surface area contributed by atoms with Crippen LogP contribution in [-0.2, 0) is 11.2 Å². The largest absolute Gasteiger partial charge is 0.509 e. The molecule has 3 rings (SSSR count). The molecule has 0 radical (unpaired) electrons. The highest BCUT2D eigenvalue weighted by Gasteiger charge is 2.48. The number of fused-ring (bicyclic) bond motifs is 1. The first-order valence-electron chi connectivity index (χ1n) is 9.47. The Hall–Kier alpha value is -2.25. The highest BCUT2D eigenvalue weighted by molar-refractivity contribution is 5.67. The third-order valence-corrected chi connectivity index (χ3v) is 6.19. The van der Waals surface area contributed by atoms with Crippen molar-refractivity contribution in [2.24, 2.45) is 5.92 Å². The van der Waals surface area contributed by atoms with Crippen molar-refractivity contribution in [2.45, 2.75) is 56.7 Å². The van der Waals surface area contributed by atoms with Gasteiger partial charge in [0.2, 0.25) is 0 Å². The zero-order valence-corrected chi connectivity index (χ0v) is 16.4. The van der Waals surface area contributed by atoms with Crippen molar-refractivity contribution in [3.63, 3.8) is 0 Å². The average molecular weight is 392 g/mol. The Balaban J connectivity index is 1.91. The second-order valence-corrected chi connectivity index (χ2v) is 7.89. The van der Waals surface area contributed by atoms with Crippen molar-refractivity contribution in [3.8, 4) is 11.5 Å². The minimum Gasteiger partial charge on any atom is -0.509 e. The lowest BCUT2D eigenvalue weighted by Gasteiger charge is -2.26. The molecule has 154 valence electrons. The summed E-state index contributed by atoms with van der Waals surface area (Å²) >= 11 is 0. The number of benzene rings is 1. The molecule has 0 aromatic heterocycles. The molecule has 1 fully saturated rings. The number of carbonyl (C=O) groups is 1. The molecule has 4 N–H and O–H groups in total. The third kappa shape index (κ3) is 3.56. The zero-order chi connectivity index (χ0) is 20.6. The van der Waals surface area contributed by atoms with Crippen LogP contribution in [0.25, 0.3) is 0 Å². The van der Waals surface area contributed by atoms with Crippen LogP contribution in [0.1, 0.15) is 49.7 Å². The topological polar surface area (TPSA) is 116 Å². The lowest BCUT2D eigenvalue weighted by molar-refractivity contribution is -0.138. The summed E-state index contributed by atoms with van der Waals surface area (Å²) in [7, 11) is 3.15. The van der Waals surface area contributed by atoms with Crippen LogP contribution in [0.4, 0.5) is 0 Å². The summed E-state index contributed by atoms with van der Waals surface area (Å²) in [4.78, 5) is 11.0. The molecule has 0 amide bonds. The molecule has 2 aliphatic carbocycles. The minimum atomic E-state index is -1.61. The summed E-state index contributed by atoms with van der Waals surface area (Å²) in [5, 5.41) is 41.0. The first-order chi connectivity index (χ1) is 13.2. The molecule has 4 atom stereocenters. The third-order valence-electron chi connectivity index (χ3n) is 6.19. The number of carboxylic acids is 1. The van der Waals surface area contributed by atoms with E-state index in [1.165, 1.54) is 0 Å². The van der Waals surface area contributed by atoms with Gasteiger partial charge in [0, 0.05) is 12.3 Å². The van der Waals surface area contributed by atoms with E-state index in [0.29, 0.717) is 17.1 Å². The first kappa shape index (κ1) is 20.5. The van der Waals surface area contributed by atoms with E-state index >= 15 is 0 Å². The van der Waals surface area contributed by atoms with Gasteiger partial charge >= 0.3 is 5.97 Å². The van der Waals surface area contributed by atoms with Crippen LogP contribution in [0.2, 0.25) is 0 Å². The maximum atomic E-state index is 11.0. The van der Waals surface area contributed by atoms with Gasteiger partial charge < -0.3 is 29.9 Å². The van der Waals surface area contributed by atoms with Crippen LogP contribution in [0, 0.1) is 5.92 Å². The average Bonchev–Trinajstić information content (AvgIpc) is 3.19. The Morgan fingerprint density at radius 1 is 1.18 bits per heavy atom. The SMILES string of the molecule is COc1cc2c(cc1OC)C(C(C)=C(O)[C@]1(O)C[C@H](CC(=O)O)[C@H](O)C1)CC2. The fourth-order valence-corrected chi connectivity index (χ4v) is 4.71. The molecule has 1 aromatic carbocycles. The molecule has 7 heteroatoms. The number of aliphatic hydroxyl groups excluding tert-OH is 2. The second kappa shape index (κ2) is 7.64. The summed E-state index contributed by atoms with van der Waals surface area (Å²) in [6, 6.07) is 3.85. The molecule has 0 saturated heterocycles. The number of carboxylic acid groups (broad SMARTS) is 1. The highest BCUT2D eigenvalue weighted by atomic mass is 16.5. The molecule has 28 heavy (non-hydrogen) atoms. The number of aliphatic hydroxyl groups is 3. The van der Waals surface area contributed by atoms with Crippen molar-refractivity contribution < 1.29 is 34.7 Å². The molecule has 0 aliphatic heterocycles. The first-order valence-corrected chi connectivity index (χ1v) is 9.47. The van der Waals surface area contributed by atoms with Crippen molar-refractivity contribution in [1.29, 1.82) is 0 Å². The van der Waals surface area contributed by atoms with Crippen molar-refractivity contribution in [1.82, 2.24) is 0 Å². The van der Waals surface area contributed by atoms with Crippen molar-refractivity contribution in [3.05, 3.63) is 34.6 Å². The van der Waals surface area contributed by atoms with Crippen LogP contribution < -0.4 is 9.47 Å². The number of hydrogen-bond acceptors (Lipinski definition) is 6. The Labute approximate surface area is 164 Å². The molecular formula is C21H28O7. The van der Waals surface area contributed by atoms with Gasteiger partial charge in [0.05, 0.1) is 26.7 Å². The molecule has 0 bridgehead atoms. The lowest BCUT2D eigenvalue weighted by Crippen LogP contribution is -2.30. The van der Waals surface area contributed by atoms with Gasteiger partial charge in [0.1, 0.15) is 11.4 Å². The Kier molecular flexibility index (Phi) is 5.59. The zero-order valence-electron chi connectivity index (χ0n) is 16.4. The Morgan fingerprint density at radius 3 is 2.43 bits per heavy atom. The normalized spacial score (nSPS) is 30.0. The van der Waals surface area contributed by atoms with Crippen LogP contribution in [0.3, 0.4) is 0 Å². The van der Waals surface area contributed by atoms with Gasteiger partial charge in [-0.05, 0) is 60.9 Å². The molecule has 7 nitrogen and oxygen atoms in total. The second-order valence-electron chi connectivity index (χ2n) is 7.89. The number of aryl methyl sites for hydroxylation is 1. The monoisotopic (exact) mass is 392 g/mol. The summed E-state index contributed by atoms with van der Waals surface area (Å²) in [5.41, 5.74) is 1.16. The van der Waals surface area contributed by atoms with E-state index in [0.717, 1.165) is 24.0 Å². The fourth-order valence-electron chi connectivity index (χ4n) is 4.71. The van der Waals surface area contributed by atoms with Gasteiger partial charge in [-0.2, -0.15) is 0 Å². The number of methoxy groups -OCH3 is 2. The quantitative estimate of drug-likeness (QED) is 0.550. The molecule has 2 aliphatic rings. The van der Waals surface area contributed by atoms with E-state index in [2.05, 4.69) is 0 Å². The molecule has 1 unspecified atom stereocenters. The van der Waals surface area contributed by atoms with Gasteiger partial charge in [-0.25, -0.2) is 0 Å². The predicted molar refractivity (Wildman–Crippen MR) is 102 cm³/mol. The van der Waals surface area contributed by atoms with E-state index in [1.54, 1.807) is 21.1 Å². The summed E-state index contributed by atoms with van der Waals surface area (Å²) < 4.78 is 10.7. The lowest BCUT2D eigenvalue weighted by atomic mass is 9.86. The Bertz CT molecular complexity index is 800. The maximum Gasteiger partial charge on any atom is 0.303 e. The van der Waals surface area contributed by atoms with Crippen LogP contribution >= 0.6 is 0 Å². The van der Waals surface area contributed by atoms with Gasteiger partial charge in [0.25, 0.3) is 0 Å². The van der Waals surface area contributed by atoms with Gasteiger partial charge in [-0.15, -0.1) is 0 Å². The molecule has 1 saturated carbocycles. The summed E-state index contributed by atoms with van der Waals surface area (Å²) in [6.45, 7) is 1.78. The van der Waals surface area contributed by atoms with Gasteiger partial charge in [-0.3, -0.25) is 4.79 Å². The summed E-state index contributed by atoms with van der Waals surface area (Å²) in [6.07, 6.45) is 0.344. The smallest absolute Gasteiger partial charge is 0.303 e. The molecular weight excluding hydrogens is 364 g/mol. The van der Waals surface area contributed by atoms with E-state index < -0.39 is 23.6 Å².